The third-order valence-electron chi connectivity index (χ3n) is 5.41. The number of benzene rings is 3. The van der Waals surface area contributed by atoms with Crippen LogP contribution in [0.25, 0.3) is 11.1 Å². The van der Waals surface area contributed by atoms with Gasteiger partial charge < -0.3 is 0 Å². The molecule has 29 heavy (non-hydrogen) atoms. The summed E-state index contributed by atoms with van der Waals surface area (Å²) in [5.41, 5.74) is 5.48. The normalized spacial score (nSPS) is 13.2. The van der Waals surface area contributed by atoms with Crippen LogP contribution in [0.1, 0.15) is 43.0 Å². The molecule has 0 aromatic heterocycles. The summed E-state index contributed by atoms with van der Waals surface area (Å²) < 4.78 is 42.8. The average Bonchev–Trinajstić information content (AvgIpc) is 3.04. The summed E-state index contributed by atoms with van der Waals surface area (Å²) in [4.78, 5) is 0. The molecular weight excluding hydrogens is 486 g/mol. The Morgan fingerprint density at radius 1 is 0.724 bits per heavy atom. The van der Waals surface area contributed by atoms with Crippen molar-refractivity contribution in [3.63, 3.8) is 0 Å². The van der Waals surface area contributed by atoms with Gasteiger partial charge in [0.15, 0.2) is 0 Å². The molecule has 0 spiro atoms. The molecule has 0 saturated carbocycles. The summed E-state index contributed by atoms with van der Waals surface area (Å²) in [5.74, 6) is 0. The SMILES string of the molecule is CC(C)(C)c1ccccc1N(I)c1cccc2c1Cc1c-2cccc1C(F)(F)F. The smallest absolute Gasteiger partial charge is 0.282 e. The van der Waals surface area contributed by atoms with Crippen molar-refractivity contribution in [1.29, 1.82) is 0 Å². The van der Waals surface area contributed by atoms with E-state index in [1.165, 1.54) is 17.7 Å². The zero-order valence-corrected chi connectivity index (χ0v) is 18.6. The van der Waals surface area contributed by atoms with E-state index in [0.717, 1.165) is 22.5 Å². The number of rotatable bonds is 2. The molecule has 0 bridgehead atoms. The van der Waals surface area contributed by atoms with Crippen LogP contribution >= 0.6 is 22.9 Å². The lowest BCUT2D eigenvalue weighted by molar-refractivity contribution is -0.138. The predicted octanol–water partition coefficient (Wildman–Crippen LogP) is 8.06. The van der Waals surface area contributed by atoms with Gasteiger partial charge >= 0.3 is 6.18 Å². The largest absolute Gasteiger partial charge is 0.416 e. The zero-order chi connectivity index (χ0) is 21.0. The van der Waals surface area contributed by atoms with Gasteiger partial charge in [-0.15, -0.1) is 0 Å². The van der Waals surface area contributed by atoms with E-state index in [1.54, 1.807) is 6.07 Å². The van der Waals surface area contributed by atoms with Crippen molar-refractivity contribution in [3.8, 4) is 11.1 Å². The van der Waals surface area contributed by atoms with E-state index < -0.39 is 11.7 Å². The first-order valence-electron chi connectivity index (χ1n) is 9.46. The van der Waals surface area contributed by atoms with Gasteiger partial charge in [-0.3, -0.25) is 3.11 Å². The van der Waals surface area contributed by atoms with Gasteiger partial charge in [0.25, 0.3) is 0 Å². The maximum Gasteiger partial charge on any atom is 0.416 e. The van der Waals surface area contributed by atoms with Gasteiger partial charge in [-0.05, 0) is 51.4 Å². The molecule has 1 nitrogen and oxygen atoms in total. The fraction of sp³-hybridized carbons (Fsp3) is 0.250. The average molecular weight is 507 g/mol. The van der Waals surface area contributed by atoms with E-state index in [1.807, 2.05) is 30.3 Å². The fourth-order valence-electron chi connectivity index (χ4n) is 4.08. The number of para-hydroxylation sites is 1. The first kappa shape index (κ1) is 20.3. The van der Waals surface area contributed by atoms with Crippen molar-refractivity contribution < 1.29 is 13.2 Å². The van der Waals surface area contributed by atoms with Gasteiger partial charge in [0.05, 0.1) is 39.8 Å². The number of anilines is 2. The summed E-state index contributed by atoms with van der Waals surface area (Å²) in [6.07, 6.45) is -4.07. The number of nitrogens with zero attached hydrogens (tertiary/aromatic N) is 1. The van der Waals surface area contributed by atoms with Crippen molar-refractivity contribution in [2.45, 2.75) is 38.8 Å². The molecule has 0 aliphatic heterocycles. The van der Waals surface area contributed by atoms with Gasteiger partial charge in [-0.1, -0.05) is 63.2 Å². The number of fused-ring (bicyclic) bond motifs is 3. The topological polar surface area (TPSA) is 3.24 Å². The third-order valence-corrected chi connectivity index (χ3v) is 6.45. The lowest BCUT2D eigenvalue weighted by Gasteiger charge is -2.28. The first-order valence-corrected chi connectivity index (χ1v) is 10.4. The molecule has 1 aliphatic carbocycles. The first-order chi connectivity index (χ1) is 13.6. The molecule has 3 aromatic rings. The monoisotopic (exact) mass is 507 g/mol. The minimum atomic E-state index is -4.35. The van der Waals surface area contributed by atoms with Crippen molar-refractivity contribution in [2.24, 2.45) is 0 Å². The Morgan fingerprint density at radius 3 is 1.93 bits per heavy atom. The standard InChI is InChI=1S/C24H21F3IN/c1-23(2,3)20-10-4-5-12-22(20)29(28)21-13-7-9-16-15-8-6-11-19(24(25,26)27)17(15)14-18(16)21/h4-13H,14H2,1-3H3. The second kappa shape index (κ2) is 7.04. The lowest BCUT2D eigenvalue weighted by Crippen LogP contribution is -2.16. The number of hydrogen-bond donors (Lipinski definition) is 0. The van der Waals surface area contributed by atoms with Crippen molar-refractivity contribution in [2.75, 3.05) is 3.11 Å². The van der Waals surface area contributed by atoms with Crippen LogP contribution in [0.4, 0.5) is 24.5 Å². The van der Waals surface area contributed by atoms with E-state index in [-0.39, 0.29) is 11.8 Å². The van der Waals surface area contributed by atoms with Gasteiger partial charge in [-0.2, -0.15) is 13.2 Å². The minimum Gasteiger partial charge on any atom is -0.282 e. The van der Waals surface area contributed by atoms with Crippen LogP contribution in [0.15, 0.2) is 60.7 Å². The van der Waals surface area contributed by atoms with E-state index in [2.05, 4.69) is 58.9 Å². The molecule has 5 heteroatoms. The van der Waals surface area contributed by atoms with Gasteiger partial charge in [0.1, 0.15) is 0 Å². The van der Waals surface area contributed by atoms with E-state index in [0.29, 0.717) is 11.1 Å². The molecule has 0 radical (unpaired) electrons. The molecule has 0 heterocycles. The number of halogens is 4. The Bertz CT molecular complexity index is 1080. The summed E-state index contributed by atoms with van der Waals surface area (Å²) in [7, 11) is 0. The Labute approximate surface area is 183 Å². The van der Waals surface area contributed by atoms with Crippen LogP contribution < -0.4 is 3.11 Å². The molecule has 150 valence electrons. The second-order valence-corrected chi connectivity index (χ2v) is 9.32. The summed E-state index contributed by atoms with van der Waals surface area (Å²) in [6.45, 7) is 6.49. The van der Waals surface area contributed by atoms with Crippen LogP contribution in [-0.4, -0.2) is 0 Å². The van der Waals surface area contributed by atoms with E-state index >= 15 is 0 Å². The van der Waals surface area contributed by atoms with Gasteiger partial charge in [0.2, 0.25) is 0 Å². The highest BCUT2D eigenvalue weighted by atomic mass is 127. The van der Waals surface area contributed by atoms with Crippen LogP contribution in [-0.2, 0) is 18.0 Å². The minimum absolute atomic E-state index is 0.0512. The van der Waals surface area contributed by atoms with Crippen LogP contribution in [0.2, 0.25) is 0 Å². The van der Waals surface area contributed by atoms with Gasteiger partial charge in [0, 0.05) is 6.42 Å². The Kier molecular flexibility index (Phi) is 4.92. The van der Waals surface area contributed by atoms with Crippen molar-refractivity contribution >= 4 is 34.2 Å². The quantitative estimate of drug-likeness (QED) is 0.196. The molecule has 0 unspecified atom stereocenters. The summed E-state index contributed by atoms with van der Waals surface area (Å²) in [6, 6.07) is 18.5. The molecule has 0 N–H and O–H groups in total. The van der Waals surface area contributed by atoms with E-state index in [9.17, 15) is 13.2 Å². The number of hydrogen-bond acceptors (Lipinski definition) is 1. The predicted molar refractivity (Wildman–Crippen MR) is 121 cm³/mol. The summed E-state index contributed by atoms with van der Waals surface area (Å²) >= 11 is 2.27. The van der Waals surface area contributed by atoms with Crippen LogP contribution in [0.3, 0.4) is 0 Å². The Balaban J connectivity index is 1.84. The van der Waals surface area contributed by atoms with Crippen LogP contribution in [0.5, 0.6) is 0 Å². The molecule has 3 aromatic carbocycles. The fourth-order valence-corrected chi connectivity index (χ4v) is 4.95. The molecule has 0 atom stereocenters. The lowest BCUT2D eigenvalue weighted by atomic mass is 9.85. The molecule has 1 aliphatic rings. The Hall–Kier alpha value is -2.02. The third kappa shape index (κ3) is 3.54. The second-order valence-electron chi connectivity index (χ2n) is 8.36. The molecule has 4 rings (SSSR count). The van der Waals surface area contributed by atoms with E-state index in [4.69, 9.17) is 0 Å². The highest BCUT2D eigenvalue weighted by Gasteiger charge is 2.37. The maximum atomic E-state index is 13.6. The van der Waals surface area contributed by atoms with Crippen molar-refractivity contribution in [3.05, 3.63) is 82.9 Å². The highest BCUT2D eigenvalue weighted by molar-refractivity contribution is 14.1. The molecule has 0 amide bonds. The number of alkyl halides is 3. The Morgan fingerprint density at radius 2 is 1.28 bits per heavy atom. The highest BCUT2D eigenvalue weighted by Crippen LogP contribution is 2.48. The molecule has 0 saturated heterocycles. The maximum absolute atomic E-state index is 13.6. The zero-order valence-electron chi connectivity index (χ0n) is 16.4. The van der Waals surface area contributed by atoms with Gasteiger partial charge in [-0.25, -0.2) is 0 Å². The van der Waals surface area contributed by atoms with Crippen LogP contribution in [0, 0.1) is 0 Å². The van der Waals surface area contributed by atoms with Crippen molar-refractivity contribution in [1.82, 2.24) is 0 Å². The summed E-state index contributed by atoms with van der Waals surface area (Å²) in [5, 5.41) is 0. The molecule has 0 fully saturated rings. The molecular formula is C24H21F3IN.